The number of ether oxygens (including phenoxy) is 1. The van der Waals surface area contributed by atoms with E-state index in [2.05, 4.69) is 0 Å². The number of nitrogens with two attached hydrogens (primary N) is 1. The summed E-state index contributed by atoms with van der Waals surface area (Å²) < 4.78 is 66.8. The molecule has 1 unspecified atom stereocenters. The van der Waals surface area contributed by atoms with Crippen LogP contribution in [-0.4, -0.2) is 33.2 Å². The summed E-state index contributed by atoms with van der Waals surface area (Å²) in [4.78, 5) is 12.7. The van der Waals surface area contributed by atoms with E-state index in [9.17, 15) is 26.4 Å². The van der Waals surface area contributed by atoms with Crippen LogP contribution in [-0.2, 0) is 21.0 Å². The smallest absolute Gasteiger partial charge is 0.418 e. The minimum Gasteiger partial charge on any atom is -0.497 e. The standard InChI is InChI=1S/C12H13F3N2O4S/c1-21-7-2-3-10(9(4-7)12(13,14)15)17-6-8(5-11(17)18)22(16,19)20/h2-4,8H,5-6H2,1H3,(H2,16,19,20). The Morgan fingerprint density at radius 2 is 2.00 bits per heavy atom. The number of sulfonamides is 1. The Morgan fingerprint density at radius 3 is 2.45 bits per heavy atom. The summed E-state index contributed by atoms with van der Waals surface area (Å²) >= 11 is 0. The Balaban J connectivity index is 2.47. The van der Waals surface area contributed by atoms with Crippen molar-refractivity contribution in [2.45, 2.75) is 17.8 Å². The van der Waals surface area contributed by atoms with Gasteiger partial charge in [-0.25, -0.2) is 13.6 Å². The predicted octanol–water partition coefficient (Wildman–Crippen LogP) is 1.11. The SMILES string of the molecule is COc1ccc(N2CC(S(N)(=O)=O)CC2=O)c(C(F)(F)F)c1. The van der Waals surface area contributed by atoms with E-state index in [0.717, 1.165) is 17.0 Å². The van der Waals surface area contributed by atoms with E-state index in [4.69, 9.17) is 9.88 Å². The number of carbonyl (C=O) groups excluding carboxylic acids is 1. The lowest BCUT2D eigenvalue weighted by molar-refractivity contribution is -0.137. The molecule has 1 atom stereocenters. The van der Waals surface area contributed by atoms with Crippen molar-refractivity contribution in [2.75, 3.05) is 18.6 Å². The van der Waals surface area contributed by atoms with Crippen molar-refractivity contribution in [3.05, 3.63) is 23.8 Å². The summed E-state index contributed by atoms with van der Waals surface area (Å²) in [6, 6.07) is 3.10. The quantitative estimate of drug-likeness (QED) is 0.894. The average Bonchev–Trinajstić information content (AvgIpc) is 2.79. The second-order valence-corrected chi connectivity index (χ2v) is 6.65. The molecule has 1 aromatic rings. The molecule has 10 heteroatoms. The number of carbonyl (C=O) groups is 1. The highest BCUT2D eigenvalue weighted by atomic mass is 32.2. The molecular weight excluding hydrogens is 325 g/mol. The summed E-state index contributed by atoms with van der Waals surface area (Å²) in [6.45, 7) is -0.410. The van der Waals surface area contributed by atoms with Gasteiger partial charge in [0.2, 0.25) is 15.9 Å². The molecule has 0 aliphatic carbocycles. The third-order valence-electron chi connectivity index (χ3n) is 3.35. The van der Waals surface area contributed by atoms with Crippen molar-refractivity contribution in [3.8, 4) is 5.75 Å². The number of nitrogens with zero attached hydrogens (tertiary/aromatic N) is 1. The van der Waals surface area contributed by atoms with Crippen LogP contribution in [0.15, 0.2) is 18.2 Å². The van der Waals surface area contributed by atoms with Crippen molar-refractivity contribution in [3.63, 3.8) is 0 Å². The van der Waals surface area contributed by atoms with E-state index in [1.807, 2.05) is 0 Å². The summed E-state index contributed by atoms with van der Waals surface area (Å²) in [7, 11) is -2.79. The number of hydrogen-bond acceptors (Lipinski definition) is 4. The van der Waals surface area contributed by atoms with Crippen LogP contribution < -0.4 is 14.8 Å². The average molecular weight is 338 g/mol. The predicted molar refractivity (Wildman–Crippen MR) is 71.9 cm³/mol. The first-order valence-electron chi connectivity index (χ1n) is 6.11. The Labute approximate surface area is 124 Å². The van der Waals surface area contributed by atoms with Gasteiger partial charge in [0.15, 0.2) is 0 Å². The monoisotopic (exact) mass is 338 g/mol. The minimum absolute atomic E-state index is 0.0225. The summed E-state index contributed by atoms with van der Waals surface area (Å²) in [5, 5.41) is 3.74. The molecule has 1 aliphatic heterocycles. The van der Waals surface area contributed by atoms with Crippen LogP contribution in [0.3, 0.4) is 0 Å². The lowest BCUT2D eigenvalue weighted by Gasteiger charge is -2.22. The van der Waals surface area contributed by atoms with Crippen molar-refractivity contribution in [2.24, 2.45) is 5.14 Å². The molecule has 0 aromatic heterocycles. The van der Waals surface area contributed by atoms with E-state index >= 15 is 0 Å². The molecule has 1 amide bonds. The van der Waals surface area contributed by atoms with Gasteiger partial charge in [-0.3, -0.25) is 4.79 Å². The highest BCUT2D eigenvalue weighted by molar-refractivity contribution is 7.89. The minimum atomic E-state index is -4.72. The molecule has 1 heterocycles. The first-order valence-corrected chi connectivity index (χ1v) is 7.72. The third kappa shape index (κ3) is 3.17. The summed E-state index contributed by atoms with van der Waals surface area (Å²) in [5.41, 5.74) is -1.49. The van der Waals surface area contributed by atoms with Crippen LogP contribution in [0.2, 0.25) is 0 Å². The van der Waals surface area contributed by atoms with Crippen LogP contribution in [0.25, 0.3) is 0 Å². The normalized spacial score (nSPS) is 19.6. The molecule has 1 fully saturated rings. The van der Waals surface area contributed by atoms with Gasteiger partial charge in [0.05, 0.1) is 18.4 Å². The maximum Gasteiger partial charge on any atom is 0.418 e. The summed E-state index contributed by atoms with van der Waals surface area (Å²) in [5.74, 6) is -0.750. The largest absolute Gasteiger partial charge is 0.497 e. The number of methoxy groups -OCH3 is 1. The molecule has 1 aliphatic rings. The van der Waals surface area contributed by atoms with Crippen molar-refractivity contribution in [1.82, 2.24) is 0 Å². The van der Waals surface area contributed by atoms with Gasteiger partial charge in [0.25, 0.3) is 0 Å². The lowest BCUT2D eigenvalue weighted by atomic mass is 10.1. The zero-order valence-corrected chi connectivity index (χ0v) is 12.2. The van der Waals surface area contributed by atoms with Crippen LogP contribution in [0.4, 0.5) is 18.9 Å². The molecule has 2 N–H and O–H groups in total. The fraction of sp³-hybridized carbons (Fsp3) is 0.417. The number of halogens is 3. The van der Waals surface area contributed by atoms with Gasteiger partial charge >= 0.3 is 6.18 Å². The third-order valence-corrected chi connectivity index (χ3v) is 4.60. The maximum absolute atomic E-state index is 13.1. The number of hydrogen-bond donors (Lipinski definition) is 1. The van der Waals surface area contributed by atoms with Gasteiger partial charge in [0, 0.05) is 13.0 Å². The van der Waals surface area contributed by atoms with E-state index in [-0.39, 0.29) is 5.75 Å². The number of alkyl halides is 3. The van der Waals surface area contributed by atoms with E-state index in [1.165, 1.54) is 13.2 Å². The zero-order chi connectivity index (χ0) is 16.7. The van der Waals surface area contributed by atoms with E-state index in [0.29, 0.717) is 0 Å². The second-order valence-electron chi connectivity index (χ2n) is 4.80. The van der Waals surface area contributed by atoms with Crippen molar-refractivity contribution >= 4 is 21.6 Å². The van der Waals surface area contributed by atoms with Crippen LogP contribution in [0.1, 0.15) is 12.0 Å². The van der Waals surface area contributed by atoms with Crippen molar-refractivity contribution in [1.29, 1.82) is 0 Å². The molecule has 22 heavy (non-hydrogen) atoms. The number of anilines is 1. The fourth-order valence-electron chi connectivity index (χ4n) is 2.23. The second kappa shape index (κ2) is 5.43. The number of primary sulfonamides is 1. The van der Waals surface area contributed by atoms with Crippen LogP contribution in [0.5, 0.6) is 5.75 Å². The Bertz CT molecular complexity index is 703. The molecular formula is C12H13F3N2O4S. The Kier molecular flexibility index (Phi) is 4.09. The van der Waals surface area contributed by atoms with Crippen LogP contribution in [0, 0.1) is 0 Å². The molecule has 1 aromatic carbocycles. The first-order chi connectivity index (χ1) is 10.0. The first kappa shape index (κ1) is 16.6. The highest BCUT2D eigenvalue weighted by Gasteiger charge is 2.42. The summed E-state index contributed by atoms with van der Waals surface area (Å²) in [6.07, 6.45) is -5.16. The van der Waals surface area contributed by atoms with Gasteiger partial charge in [-0.15, -0.1) is 0 Å². The van der Waals surface area contributed by atoms with Crippen molar-refractivity contribution < 1.29 is 31.1 Å². The molecule has 0 spiro atoms. The lowest BCUT2D eigenvalue weighted by Crippen LogP contribution is -2.33. The van der Waals surface area contributed by atoms with Gasteiger partial charge < -0.3 is 9.64 Å². The van der Waals surface area contributed by atoms with Gasteiger partial charge in [-0.05, 0) is 18.2 Å². The Morgan fingerprint density at radius 1 is 1.36 bits per heavy atom. The van der Waals surface area contributed by atoms with E-state index in [1.54, 1.807) is 0 Å². The van der Waals surface area contributed by atoms with E-state index < -0.39 is 51.6 Å². The molecule has 122 valence electrons. The zero-order valence-electron chi connectivity index (χ0n) is 11.4. The molecule has 0 saturated carbocycles. The topological polar surface area (TPSA) is 89.7 Å². The number of benzene rings is 1. The number of rotatable bonds is 3. The molecule has 1 saturated heterocycles. The van der Waals surface area contributed by atoms with Gasteiger partial charge in [0.1, 0.15) is 11.0 Å². The molecule has 6 nitrogen and oxygen atoms in total. The molecule has 2 rings (SSSR count). The Hall–Kier alpha value is -1.81. The highest BCUT2D eigenvalue weighted by Crippen LogP contribution is 2.40. The van der Waals surface area contributed by atoms with Gasteiger partial charge in [-0.1, -0.05) is 0 Å². The van der Waals surface area contributed by atoms with Crippen LogP contribution >= 0.6 is 0 Å². The number of amides is 1. The molecule has 0 bridgehead atoms. The maximum atomic E-state index is 13.1. The van der Waals surface area contributed by atoms with Gasteiger partial charge in [-0.2, -0.15) is 13.2 Å². The molecule has 0 radical (unpaired) electrons. The fourth-order valence-corrected chi connectivity index (χ4v) is 2.96.